The topological polar surface area (TPSA) is 75.1 Å². The fraction of sp³-hybridized carbons (Fsp3) is 0.643. The molecule has 0 atom stereocenters. The van der Waals surface area contributed by atoms with Crippen molar-refractivity contribution in [1.29, 1.82) is 0 Å². The number of anilines is 1. The van der Waals surface area contributed by atoms with Crippen LogP contribution < -0.4 is 5.32 Å². The molecule has 0 saturated heterocycles. The molecule has 1 aromatic rings. The molecule has 1 saturated carbocycles. The molecule has 2 rings (SSSR count). The number of aromatic nitrogens is 2. The highest BCUT2D eigenvalue weighted by Crippen LogP contribution is 2.68. The first-order valence-corrected chi connectivity index (χ1v) is 6.48. The van der Waals surface area contributed by atoms with Gasteiger partial charge in [-0.25, -0.2) is 14.8 Å². The number of aryl methyl sites for hydroxylation is 1. The van der Waals surface area contributed by atoms with E-state index in [2.05, 4.69) is 43.0 Å². The summed E-state index contributed by atoms with van der Waals surface area (Å²) in [4.78, 5) is 19.1. The molecular weight excluding hydrogens is 242 g/mol. The van der Waals surface area contributed by atoms with Gasteiger partial charge in [0.15, 0.2) is 0 Å². The van der Waals surface area contributed by atoms with Gasteiger partial charge in [0.05, 0.1) is 11.3 Å². The van der Waals surface area contributed by atoms with E-state index < -0.39 is 5.97 Å². The number of aromatic carboxylic acids is 1. The van der Waals surface area contributed by atoms with Crippen molar-refractivity contribution in [1.82, 2.24) is 9.97 Å². The molecule has 5 heteroatoms. The van der Waals surface area contributed by atoms with Crippen LogP contribution in [0.2, 0.25) is 0 Å². The van der Waals surface area contributed by atoms with Gasteiger partial charge < -0.3 is 10.4 Å². The molecule has 5 nitrogen and oxygen atoms in total. The maximum absolute atomic E-state index is 10.9. The standard InChI is InChI=1S/C14H21N3O2/c1-8-9(11(18)19)6-15-12(17-8)16-7-10-13(2,3)14(10,4)5/h6,10H,7H2,1-5H3,(H,18,19)(H,15,16,17). The molecule has 1 aliphatic carbocycles. The summed E-state index contributed by atoms with van der Waals surface area (Å²) >= 11 is 0. The summed E-state index contributed by atoms with van der Waals surface area (Å²) in [5.74, 6) is 0.0811. The Hall–Kier alpha value is -1.65. The van der Waals surface area contributed by atoms with Crippen molar-refractivity contribution in [2.75, 3.05) is 11.9 Å². The van der Waals surface area contributed by atoms with Crippen LogP contribution in [0, 0.1) is 23.7 Å². The highest BCUT2D eigenvalue weighted by atomic mass is 16.4. The predicted octanol–water partition coefficient (Wildman–Crippen LogP) is 2.58. The summed E-state index contributed by atoms with van der Waals surface area (Å²) in [6.45, 7) is 11.5. The molecule has 2 N–H and O–H groups in total. The van der Waals surface area contributed by atoms with Gasteiger partial charge in [-0.2, -0.15) is 0 Å². The fourth-order valence-electron chi connectivity index (χ4n) is 2.80. The Labute approximate surface area is 113 Å². The minimum absolute atomic E-state index is 0.151. The number of nitrogens with zero attached hydrogens (tertiary/aromatic N) is 2. The van der Waals surface area contributed by atoms with Crippen molar-refractivity contribution >= 4 is 11.9 Å². The lowest BCUT2D eigenvalue weighted by molar-refractivity contribution is 0.0695. The first kappa shape index (κ1) is 13.8. The number of hydrogen-bond acceptors (Lipinski definition) is 4. The van der Waals surface area contributed by atoms with E-state index in [-0.39, 0.29) is 5.56 Å². The zero-order valence-corrected chi connectivity index (χ0v) is 12.1. The Kier molecular flexibility index (Phi) is 3.03. The smallest absolute Gasteiger partial charge is 0.339 e. The molecule has 1 aromatic heterocycles. The maximum atomic E-state index is 10.9. The Morgan fingerprint density at radius 3 is 2.37 bits per heavy atom. The molecule has 19 heavy (non-hydrogen) atoms. The van der Waals surface area contributed by atoms with Gasteiger partial charge in [0, 0.05) is 12.7 Å². The zero-order valence-electron chi connectivity index (χ0n) is 12.1. The summed E-state index contributed by atoms with van der Waals surface area (Å²) in [6.07, 6.45) is 1.36. The van der Waals surface area contributed by atoms with E-state index in [0.717, 1.165) is 6.54 Å². The normalized spacial score (nSPS) is 20.1. The molecular formula is C14H21N3O2. The third-order valence-electron chi connectivity index (χ3n) is 4.99. The molecule has 1 aliphatic rings. The van der Waals surface area contributed by atoms with Crippen LogP contribution in [0.25, 0.3) is 0 Å². The number of carboxylic acid groups (broad SMARTS) is 1. The van der Waals surface area contributed by atoms with Crippen LogP contribution in [0.15, 0.2) is 6.20 Å². The van der Waals surface area contributed by atoms with Crippen molar-refractivity contribution in [3.8, 4) is 0 Å². The van der Waals surface area contributed by atoms with Crippen molar-refractivity contribution in [3.63, 3.8) is 0 Å². The lowest BCUT2D eigenvalue weighted by Crippen LogP contribution is -2.12. The van der Waals surface area contributed by atoms with Crippen LogP contribution in [0.3, 0.4) is 0 Å². The van der Waals surface area contributed by atoms with Crippen LogP contribution in [-0.2, 0) is 0 Å². The van der Waals surface area contributed by atoms with E-state index in [1.54, 1.807) is 6.92 Å². The number of rotatable bonds is 4. The molecule has 0 radical (unpaired) electrons. The minimum Gasteiger partial charge on any atom is -0.478 e. The van der Waals surface area contributed by atoms with Crippen LogP contribution in [-0.4, -0.2) is 27.6 Å². The second kappa shape index (κ2) is 4.18. The van der Waals surface area contributed by atoms with E-state index >= 15 is 0 Å². The zero-order chi connectivity index (χ0) is 14.4. The molecule has 0 aliphatic heterocycles. The number of nitrogens with one attached hydrogen (secondary N) is 1. The molecule has 0 unspecified atom stereocenters. The van der Waals surface area contributed by atoms with Crippen LogP contribution in [0.4, 0.5) is 5.95 Å². The van der Waals surface area contributed by atoms with Crippen molar-refractivity contribution in [3.05, 3.63) is 17.5 Å². The third-order valence-corrected chi connectivity index (χ3v) is 4.99. The van der Waals surface area contributed by atoms with Crippen molar-refractivity contribution in [2.45, 2.75) is 34.6 Å². The molecule has 1 fully saturated rings. The minimum atomic E-state index is -0.992. The summed E-state index contributed by atoms with van der Waals surface area (Å²) in [6, 6.07) is 0. The van der Waals surface area contributed by atoms with Gasteiger partial charge in [-0.05, 0) is 23.7 Å². The van der Waals surface area contributed by atoms with E-state index in [1.165, 1.54) is 6.20 Å². The lowest BCUT2D eigenvalue weighted by Gasteiger charge is -2.07. The number of hydrogen-bond donors (Lipinski definition) is 2. The highest BCUT2D eigenvalue weighted by Gasteiger charge is 2.64. The average Bonchev–Trinajstić information content (AvgIpc) is 2.66. The Balaban J connectivity index is 2.02. The highest BCUT2D eigenvalue weighted by molar-refractivity contribution is 5.88. The fourth-order valence-corrected chi connectivity index (χ4v) is 2.80. The Morgan fingerprint density at radius 1 is 1.37 bits per heavy atom. The third kappa shape index (κ3) is 2.17. The SMILES string of the molecule is Cc1nc(NCC2C(C)(C)C2(C)C)ncc1C(=O)O. The summed E-state index contributed by atoms with van der Waals surface area (Å²) in [7, 11) is 0. The van der Waals surface area contributed by atoms with E-state index in [4.69, 9.17) is 5.11 Å². The first-order valence-electron chi connectivity index (χ1n) is 6.48. The van der Waals surface area contributed by atoms with E-state index in [1.807, 2.05) is 0 Å². The number of carbonyl (C=O) groups is 1. The second-order valence-corrected chi connectivity index (χ2v) is 6.37. The van der Waals surface area contributed by atoms with Crippen molar-refractivity contribution < 1.29 is 9.90 Å². The Bertz CT molecular complexity index is 509. The van der Waals surface area contributed by atoms with E-state index in [0.29, 0.717) is 28.4 Å². The van der Waals surface area contributed by atoms with Gasteiger partial charge in [0.1, 0.15) is 0 Å². The van der Waals surface area contributed by atoms with Crippen LogP contribution in [0.1, 0.15) is 43.7 Å². The molecule has 104 valence electrons. The summed E-state index contributed by atoms with van der Waals surface area (Å²) < 4.78 is 0. The van der Waals surface area contributed by atoms with Gasteiger partial charge in [-0.15, -0.1) is 0 Å². The monoisotopic (exact) mass is 263 g/mol. The molecule has 1 heterocycles. The lowest BCUT2D eigenvalue weighted by atomic mass is 10.0. The van der Waals surface area contributed by atoms with Gasteiger partial charge in [0.25, 0.3) is 0 Å². The molecule has 0 amide bonds. The van der Waals surface area contributed by atoms with Crippen LogP contribution in [0.5, 0.6) is 0 Å². The molecule has 0 bridgehead atoms. The molecule has 0 aromatic carbocycles. The summed E-state index contributed by atoms with van der Waals surface area (Å²) in [5.41, 5.74) is 1.27. The second-order valence-electron chi connectivity index (χ2n) is 6.37. The van der Waals surface area contributed by atoms with Crippen LogP contribution >= 0.6 is 0 Å². The molecule has 0 spiro atoms. The van der Waals surface area contributed by atoms with E-state index in [9.17, 15) is 4.79 Å². The first-order chi connectivity index (χ1) is 8.68. The van der Waals surface area contributed by atoms with Gasteiger partial charge in [-0.1, -0.05) is 27.7 Å². The van der Waals surface area contributed by atoms with Gasteiger partial charge in [0.2, 0.25) is 5.95 Å². The predicted molar refractivity (Wildman–Crippen MR) is 73.3 cm³/mol. The van der Waals surface area contributed by atoms with Gasteiger partial charge >= 0.3 is 5.97 Å². The number of carboxylic acids is 1. The largest absolute Gasteiger partial charge is 0.478 e. The van der Waals surface area contributed by atoms with Gasteiger partial charge in [-0.3, -0.25) is 0 Å². The Morgan fingerprint density at radius 2 is 1.95 bits per heavy atom. The average molecular weight is 263 g/mol. The summed E-state index contributed by atoms with van der Waals surface area (Å²) in [5, 5.41) is 12.1. The van der Waals surface area contributed by atoms with Crippen molar-refractivity contribution in [2.24, 2.45) is 16.7 Å². The maximum Gasteiger partial charge on any atom is 0.339 e. The quantitative estimate of drug-likeness (QED) is 0.873.